The van der Waals surface area contributed by atoms with Gasteiger partial charge in [0.2, 0.25) is 5.91 Å². The SMILES string of the molecule is CC(C)CNC(=O)CSCc1ccccc1Cl. The molecule has 0 fully saturated rings. The minimum Gasteiger partial charge on any atom is -0.355 e. The van der Waals surface area contributed by atoms with E-state index < -0.39 is 0 Å². The van der Waals surface area contributed by atoms with Crippen molar-refractivity contribution >= 4 is 29.3 Å². The molecule has 4 heteroatoms. The van der Waals surface area contributed by atoms with Gasteiger partial charge in [-0.1, -0.05) is 43.6 Å². The minimum atomic E-state index is 0.0933. The topological polar surface area (TPSA) is 29.1 Å². The zero-order valence-electron chi connectivity index (χ0n) is 10.2. The highest BCUT2D eigenvalue weighted by Crippen LogP contribution is 2.20. The molecule has 0 aliphatic carbocycles. The lowest BCUT2D eigenvalue weighted by molar-refractivity contribution is -0.118. The van der Waals surface area contributed by atoms with Crippen molar-refractivity contribution in [2.24, 2.45) is 5.92 Å². The fraction of sp³-hybridized carbons (Fsp3) is 0.462. The number of benzene rings is 1. The van der Waals surface area contributed by atoms with Crippen LogP contribution < -0.4 is 5.32 Å². The first kappa shape index (κ1) is 14.4. The molecular formula is C13H18ClNOS. The van der Waals surface area contributed by atoms with Gasteiger partial charge in [-0.15, -0.1) is 11.8 Å². The average Bonchev–Trinajstić information content (AvgIpc) is 2.29. The standard InChI is InChI=1S/C13H18ClNOS/c1-10(2)7-15-13(16)9-17-8-11-5-3-4-6-12(11)14/h3-6,10H,7-9H2,1-2H3,(H,15,16). The Balaban J connectivity index is 2.24. The molecule has 0 aliphatic rings. The van der Waals surface area contributed by atoms with Crippen molar-refractivity contribution < 1.29 is 4.79 Å². The molecule has 94 valence electrons. The molecule has 0 heterocycles. The highest BCUT2D eigenvalue weighted by atomic mass is 35.5. The summed E-state index contributed by atoms with van der Waals surface area (Å²) >= 11 is 7.61. The molecule has 0 bridgehead atoms. The molecule has 2 nitrogen and oxygen atoms in total. The highest BCUT2D eigenvalue weighted by molar-refractivity contribution is 7.99. The quantitative estimate of drug-likeness (QED) is 0.860. The van der Waals surface area contributed by atoms with Crippen molar-refractivity contribution in [2.45, 2.75) is 19.6 Å². The lowest BCUT2D eigenvalue weighted by Crippen LogP contribution is -2.28. The lowest BCUT2D eigenvalue weighted by Gasteiger charge is -2.07. The molecule has 1 amide bonds. The molecule has 0 unspecified atom stereocenters. The molecule has 1 aromatic carbocycles. The van der Waals surface area contributed by atoms with E-state index in [0.717, 1.165) is 22.9 Å². The summed E-state index contributed by atoms with van der Waals surface area (Å²) in [4.78, 5) is 11.5. The molecule has 1 rings (SSSR count). The van der Waals surface area contributed by atoms with E-state index in [1.165, 1.54) is 0 Å². The second-order valence-electron chi connectivity index (χ2n) is 4.28. The van der Waals surface area contributed by atoms with Crippen molar-refractivity contribution in [3.8, 4) is 0 Å². The van der Waals surface area contributed by atoms with E-state index in [1.807, 2.05) is 24.3 Å². The van der Waals surface area contributed by atoms with Gasteiger partial charge in [-0.3, -0.25) is 4.79 Å². The maximum Gasteiger partial charge on any atom is 0.230 e. The van der Waals surface area contributed by atoms with Gasteiger partial charge in [0.1, 0.15) is 0 Å². The van der Waals surface area contributed by atoms with Gasteiger partial charge in [0.05, 0.1) is 5.75 Å². The summed E-state index contributed by atoms with van der Waals surface area (Å²) in [6, 6.07) is 7.73. The van der Waals surface area contributed by atoms with Crippen LogP contribution >= 0.6 is 23.4 Å². The van der Waals surface area contributed by atoms with E-state index in [4.69, 9.17) is 11.6 Å². The molecule has 0 radical (unpaired) electrons. The Morgan fingerprint density at radius 1 is 1.41 bits per heavy atom. The molecule has 1 aromatic rings. The monoisotopic (exact) mass is 271 g/mol. The molecule has 0 aromatic heterocycles. The average molecular weight is 272 g/mol. The van der Waals surface area contributed by atoms with Crippen molar-refractivity contribution in [1.82, 2.24) is 5.32 Å². The van der Waals surface area contributed by atoms with Crippen LogP contribution in [-0.2, 0) is 10.5 Å². The fourth-order valence-corrected chi connectivity index (χ4v) is 2.38. The van der Waals surface area contributed by atoms with E-state index in [-0.39, 0.29) is 5.91 Å². The van der Waals surface area contributed by atoms with Crippen LogP contribution in [0, 0.1) is 5.92 Å². The van der Waals surface area contributed by atoms with E-state index in [2.05, 4.69) is 19.2 Å². The number of halogens is 1. The van der Waals surface area contributed by atoms with Gasteiger partial charge in [-0.05, 0) is 17.5 Å². The summed E-state index contributed by atoms with van der Waals surface area (Å²) in [7, 11) is 0. The second kappa shape index (κ2) is 7.62. The Kier molecular flexibility index (Phi) is 6.45. The zero-order valence-corrected chi connectivity index (χ0v) is 11.8. The largest absolute Gasteiger partial charge is 0.355 e. The zero-order chi connectivity index (χ0) is 12.7. The van der Waals surface area contributed by atoms with Gasteiger partial charge in [0.15, 0.2) is 0 Å². The van der Waals surface area contributed by atoms with Gasteiger partial charge < -0.3 is 5.32 Å². The van der Waals surface area contributed by atoms with Gasteiger partial charge in [0, 0.05) is 17.3 Å². The van der Waals surface area contributed by atoms with E-state index in [9.17, 15) is 4.79 Å². The predicted molar refractivity (Wildman–Crippen MR) is 75.5 cm³/mol. The van der Waals surface area contributed by atoms with Crippen molar-refractivity contribution in [2.75, 3.05) is 12.3 Å². The Labute approximate surface area is 112 Å². The van der Waals surface area contributed by atoms with E-state index >= 15 is 0 Å². The summed E-state index contributed by atoms with van der Waals surface area (Å²) in [5.74, 6) is 1.84. The first-order chi connectivity index (χ1) is 8.09. The maximum atomic E-state index is 11.5. The number of nitrogens with one attached hydrogen (secondary N) is 1. The number of hydrogen-bond donors (Lipinski definition) is 1. The summed E-state index contributed by atoms with van der Waals surface area (Å²) in [5.41, 5.74) is 1.08. The van der Waals surface area contributed by atoms with E-state index in [1.54, 1.807) is 11.8 Å². The normalized spacial score (nSPS) is 10.6. The van der Waals surface area contributed by atoms with Crippen molar-refractivity contribution in [1.29, 1.82) is 0 Å². The molecule has 0 saturated heterocycles. The Morgan fingerprint density at radius 3 is 2.76 bits per heavy atom. The van der Waals surface area contributed by atoms with Gasteiger partial charge in [-0.25, -0.2) is 0 Å². The Morgan fingerprint density at radius 2 is 2.12 bits per heavy atom. The molecule has 1 N–H and O–H groups in total. The van der Waals surface area contributed by atoms with Crippen molar-refractivity contribution in [3.05, 3.63) is 34.9 Å². The number of hydrogen-bond acceptors (Lipinski definition) is 2. The Hall–Kier alpha value is -0.670. The fourth-order valence-electron chi connectivity index (χ4n) is 1.24. The summed E-state index contributed by atoms with van der Waals surface area (Å²) < 4.78 is 0. The number of amides is 1. The highest BCUT2D eigenvalue weighted by Gasteiger charge is 2.04. The predicted octanol–water partition coefficient (Wildman–Crippen LogP) is 3.35. The molecule has 0 spiro atoms. The summed E-state index contributed by atoms with van der Waals surface area (Å²) in [6.45, 7) is 4.90. The summed E-state index contributed by atoms with van der Waals surface area (Å²) in [5, 5.41) is 3.66. The van der Waals surface area contributed by atoms with E-state index in [0.29, 0.717) is 11.7 Å². The van der Waals surface area contributed by atoms with Crippen LogP contribution in [-0.4, -0.2) is 18.2 Å². The van der Waals surface area contributed by atoms with Gasteiger partial charge in [-0.2, -0.15) is 0 Å². The third kappa shape index (κ3) is 5.99. The summed E-state index contributed by atoms with van der Waals surface area (Å²) in [6.07, 6.45) is 0. The van der Waals surface area contributed by atoms with Crippen LogP contribution in [0.15, 0.2) is 24.3 Å². The second-order valence-corrected chi connectivity index (χ2v) is 5.67. The minimum absolute atomic E-state index is 0.0933. The van der Waals surface area contributed by atoms with Crippen LogP contribution in [0.1, 0.15) is 19.4 Å². The van der Waals surface area contributed by atoms with Crippen LogP contribution in [0.5, 0.6) is 0 Å². The smallest absolute Gasteiger partial charge is 0.230 e. The third-order valence-electron chi connectivity index (χ3n) is 2.16. The van der Waals surface area contributed by atoms with Crippen LogP contribution in [0.2, 0.25) is 5.02 Å². The number of rotatable bonds is 6. The lowest BCUT2D eigenvalue weighted by atomic mass is 10.2. The van der Waals surface area contributed by atoms with Gasteiger partial charge in [0.25, 0.3) is 0 Å². The molecule has 0 atom stereocenters. The van der Waals surface area contributed by atoms with Gasteiger partial charge >= 0.3 is 0 Å². The van der Waals surface area contributed by atoms with Crippen LogP contribution in [0.4, 0.5) is 0 Å². The number of carbonyl (C=O) groups excluding carboxylic acids is 1. The molecular weight excluding hydrogens is 254 g/mol. The first-order valence-corrected chi connectivity index (χ1v) is 7.20. The number of carbonyl (C=O) groups is 1. The maximum absolute atomic E-state index is 11.5. The third-order valence-corrected chi connectivity index (χ3v) is 3.51. The van der Waals surface area contributed by atoms with Crippen LogP contribution in [0.25, 0.3) is 0 Å². The van der Waals surface area contributed by atoms with Crippen molar-refractivity contribution in [3.63, 3.8) is 0 Å². The Bertz CT molecular complexity index is 368. The first-order valence-electron chi connectivity index (χ1n) is 5.67. The molecule has 17 heavy (non-hydrogen) atoms. The number of thioether (sulfide) groups is 1. The molecule has 0 saturated carbocycles. The molecule has 0 aliphatic heterocycles. The van der Waals surface area contributed by atoms with Crippen LogP contribution in [0.3, 0.4) is 0 Å².